The molecule has 0 amide bonds. The molecule has 4 heterocycles. The Morgan fingerprint density at radius 1 is 1.23 bits per heavy atom. The lowest BCUT2D eigenvalue weighted by Crippen LogP contribution is -2.62. The van der Waals surface area contributed by atoms with E-state index in [0.29, 0.717) is 12.0 Å². The molecule has 170 valence electrons. The molecule has 0 aromatic heterocycles. The van der Waals surface area contributed by atoms with Gasteiger partial charge >= 0.3 is 0 Å². The van der Waals surface area contributed by atoms with Crippen molar-refractivity contribution in [2.24, 2.45) is 11.8 Å². The van der Waals surface area contributed by atoms with Crippen LogP contribution < -0.4 is 20.7 Å². The van der Waals surface area contributed by atoms with Gasteiger partial charge in [0.2, 0.25) is 0 Å². The van der Waals surface area contributed by atoms with E-state index in [1.54, 1.807) is 0 Å². The van der Waals surface area contributed by atoms with Crippen molar-refractivity contribution in [2.75, 3.05) is 31.7 Å². The first-order valence-corrected chi connectivity index (χ1v) is 11.8. The quantitative estimate of drug-likeness (QED) is 0.470. The minimum absolute atomic E-state index is 0.147. The highest BCUT2D eigenvalue weighted by Gasteiger charge is 2.86. The normalized spacial score (nSPS) is 46.1. The van der Waals surface area contributed by atoms with Crippen LogP contribution in [0.25, 0.3) is 0 Å². The van der Waals surface area contributed by atoms with Crippen LogP contribution in [0.4, 0.5) is 5.69 Å². The van der Waals surface area contributed by atoms with Crippen LogP contribution in [-0.4, -0.2) is 77.2 Å². The smallest absolute Gasteiger partial charge is 0.144 e. The first kappa shape index (κ1) is 20.2. The molecule has 3 unspecified atom stereocenters. The Bertz CT molecular complexity index is 870. The van der Waals surface area contributed by atoms with Crippen molar-refractivity contribution in [1.82, 2.24) is 15.5 Å². The van der Waals surface area contributed by atoms with Gasteiger partial charge in [0.15, 0.2) is 0 Å². The number of nitrogens with zero attached hydrogens (tertiary/aromatic N) is 1. The van der Waals surface area contributed by atoms with E-state index >= 15 is 0 Å². The maximum atomic E-state index is 11.5. The van der Waals surface area contributed by atoms with Gasteiger partial charge in [-0.25, -0.2) is 0 Å². The Balaban J connectivity index is 1.18. The van der Waals surface area contributed by atoms with E-state index in [-0.39, 0.29) is 18.7 Å². The fraction of sp³-hybridized carbons (Fsp3) is 0.739. The Morgan fingerprint density at radius 2 is 2.10 bits per heavy atom. The van der Waals surface area contributed by atoms with Crippen molar-refractivity contribution in [1.29, 1.82) is 0 Å². The molecule has 8 nitrogen and oxygen atoms in total. The summed E-state index contributed by atoms with van der Waals surface area (Å²) in [5.41, 5.74) is -0.103. The zero-order valence-corrected chi connectivity index (χ0v) is 18.3. The number of likely N-dealkylation sites (tertiary alicyclic amines) is 1. The number of aryl methyl sites for hydroxylation is 1. The number of benzene rings is 1. The summed E-state index contributed by atoms with van der Waals surface area (Å²) in [7, 11) is 0. The fourth-order valence-electron chi connectivity index (χ4n) is 6.56. The minimum Gasteiger partial charge on any atom is -0.491 e. The second kappa shape index (κ2) is 7.04. The van der Waals surface area contributed by atoms with E-state index in [9.17, 15) is 10.2 Å². The van der Waals surface area contributed by atoms with Crippen LogP contribution >= 0.6 is 0 Å². The summed E-state index contributed by atoms with van der Waals surface area (Å²) in [5, 5.41) is 33.3. The molecule has 1 aromatic rings. The van der Waals surface area contributed by atoms with Gasteiger partial charge in [-0.2, -0.15) is 0 Å². The monoisotopic (exact) mass is 430 g/mol. The van der Waals surface area contributed by atoms with Gasteiger partial charge < -0.3 is 30.3 Å². The lowest BCUT2D eigenvalue weighted by atomic mass is 9.96. The van der Waals surface area contributed by atoms with Crippen molar-refractivity contribution in [2.45, 2.75) is 68.9 Å². The van der Waals surface area contributed by atoms with E-state index in [1.165, 1.54) is 5.56 Å². The molecule has 5 aliphatic rings. The maximum Gasteiger partial charge on any atom is 0.144 e. The van der Waals surface area contributed by atoms with E-state index in [0.717, 1.165) is 50.5 Å². The Kier molecular flexibility index (Phi) is 4.59. The molecule has 6 rings (SSSR count). The fourth-order valence-corrected chi connectivity index (χ4v) is 6.56. The van der Waals surface area contributed by atoms with Crippen molar-refractivity contribution >= 4 is 5.69 Å². The number of nitrogens with one attached hydrogen (secondary N) is 3. The highest BCUT2D eigenvalue weighted by atomic mass is 16.6. The average molecular weight is 431 g/mol. The minimum atomic E-state index is -1.28. The zero-order valence-electron chi connectivity index (χ0n) is 18.3. The van der Waals surface area contributed by atoms with Gasteiger partial charge in [0.05, 0.1) is 6.17 Å². The topological polar surface area (TPSA) is 98.3 Å². The Morgan fingerprint density at radius 3 is 2.97 bits per heavy atom. The van der Waals surface area contributed by atoms with Gasteiger partial charge in [-0.3, -0.25) is 10.2 Å². The largest absolute Gasteiger partial charge is 0.491 e. The number of hydrogen-bond acceptors (Lipinski definition) is 8. The predicted molar refractivity (Wildman–Crippen MR) is 116 cm³/mol. The van der Waals surface area contributed by atoms with Gasteiger partial charge in [0.25, 0.3) is 0 Å². The standard InChI is InChI=1S/C23H34N4O4/c1-13-17-7-9-27(20(17)26-12-25-13)21-23(29)14(2)22(23,28)19(31-21)11-30-16-6-5-15-4-3-8-24-18(15)10-16/h5-6,10,13-14,17,19-21,24-26,28-29H,3-4,7-9,11-12H2,1-2H3/t13?,14-,17?,19+,20?,21+,22+,23-/m0/s1. The summed E-state index contributed by atoms with van der Waals surface area (Å²) >= 11 is 0. The Hall–Kier alpha value is -1.42. The first-order valence-electron chi connectivity index (χ1n) is 11.8. The first-order chi connectivity index (χ1) is 14.9. The third kappa shape index (κ3) is 2.76. The summed E-state index contributed by atoms with van der Waals surface area (Å²) in [6, 6.07) is 6.53. The van der Waals surface area contributed by atoms with E-state index in [2.05, 4.69) is 33.8 Å². The molecule has 4 fully saturated rings. The SMILES string of the molecule is CC1NCNC2C1CCN2[C@@H]1O[C@H](COc2ccc3c(c2)NCCC3)[C@]2(O)[C@H](C)[C@]12O. The number of anilines is 1. The predicted octanol–water partition coefficient (Wildman–Crippen LogP) is 0.447. The zero-order chi connectivity index (χ0) is 21.4. The number of rotatable bonds is 4. The Labute approximate surface area is 183 Å². The van der Waals surface area contributed by atoms with Gasteiger partial charge in [-0.15, -0.1) is 0 Å². The summed E-state index contributed by atoms with van der Waals surface area (Å²) in [5.74, 6) is 0.966. The highest BCUT2D eigenvalue weighted by molar-refractivity contribution is 5.56. The molecule has 1 saturated carbocycles. The van der Waals surface area contributed by atoms with Crippen LogP contribution in [-0.2, 0) is 11.2 Å². The molecule has 8 atom stereocenters. The van der Waals surface area contributed by atoms with E-state index in [1.807, 2.05) is 19.1 Å². The van der Waals surface area contributed by atoms with Gasteiger partial charge in [-0.1, -0.05) is 13.0 Å². The summed E-state index contributed by atoms with van der Waals surface area (Å²) in [6.45, 7) is 6.90. The van der Waals surface area contributed by atoms with Crippen molar-refractivity contribution < 1.29 is 19.7 Å². The van der Waals surface area contributed by atoms with Crippen LogP contribution in [0, 0.1) is 11.8 Å². The summed E-state index contributed by atoms with van der Waals surface area (Å²) in [6.07, 6.45) is 2.32. The second-order valence-electron chi connectivity index (χ2n) is 10.0. The molecule has 4 aliphatic heterocycles. The van der Waals surface area contributed by atoms with Gasteiger partial charge in [0.1, 0.15) is 35.9 Å². The third-order valence-corrected chi connectivity index (χ3v) is 8.62. The molecule has 3 saturated heterocycles. The molecule has 0 bridgehead atoms. The molecular weight excluding hydrogens is 396 g/mol. The highest BCUT2D eigenvalue weighted by Crippen LogP contribution is 2.65. The van der Waals surface area contributed by atoms with Crippen molar-refractivity contribution in [3.63, 3.8) is 0 Å². The van der Waals surface area contributed by atoms with Crippen LogP contribution in [0.5, 0.6) is 5.75 Å². The summed E-state index contributed by atoms with van der Waals surface area (Å²) < 4.78 is 12.4. The lowest BCUT2D eigenvalue weighted by Gasteiger charge is -2.40. The molecular formula is C23H34N4O4. The summed E-state index contributed by atoms with van der Waals surface area (Å²) in [4.78, 5) is 2.22. The van der Waals surface area contributed by atoms with Gasteiger partial charge in [-0.05, 0) is 37.8 Å². The molecule has 0 spiro atoms. The maximum absolute atomic E-state index is 11.5. The molecule has 1 aliphatic carbocycles. The number of ether oxygens (including phenoxy) is 2. The van der Waals surface area contributed by atoms with Crippen LogP contribution in [0.3, 0.4) is 0 Å². The lowest BCUT2D eigenvalue weighted by molar-refractivity contribution is -0.150. The average Bonchev–Trinajstić information content (AvgIpc) is 3.10. The molecule has 1 aromatic carbocycles. The van der Waals surface area contributed by atoms with Crippen molar-refractivity contribution in [3.8, 4) is 5.75 Å². The van der Waals surface area contributed by atoms with E-state index < -0.39 is 23.5 Å². The van der Waals surface area contributed by atoms with Crippen LogP contribution in [0.1, 0.15) is 32.3 Å². The second-order valence-corrected chi connectivity index (χ2v) is 10.0. The molecule has 8 heteroatoms. The number of hydrogen-bond donors (Lipinski definition) is 5. The molecule has 5 N–H and O–H groups in total. The third-order valence-electron chi connectivity index (χ3n) is 8.62. The number of aliphatic hydroxyl groups is 2. The van der Waals surface area contributed by atoms with Crippen LogP contribution in [0.15, 0.2) is 18.2 Å². The van der Waals surface area contributed by atoms with Crippen molar-refractivity contribution in [3.05, 3.63) is 23.8 Å². The van der Waals surface area contributed by atoms with Gasteiger partial charge in [0, 0.05) is 49.4 Å². The van der Waals surface area contributed by atoms with Crippen LogP contribution in [0.2, 0.25) is 0 Å². The number of fused-ring (bicyclic) bond motifs is 3. The molecule has 31 heavy (non-hydrogen) atoms. The molecule has 0 radical (unpaired) electrons. The van der Waals surface area contributed by atoms with E-state index in [4.69, 9.17) is 9.47 Å².